The van der Waals surface area contributed by atoms with Gasteiger partial charge < -0.3 is 10.0 Å². The maximum atomic E-state index is 9.52. The average Bonchev–Trinajstić information content (AvgIpc) is 2.33. The van der Waals surface area contributed by atoms with E-state index < -0.39 is 0 Å². The van der Waals surface area contributed by atoms with Crippen LogP contribution in [0.5, 0.6) is 0 Å². The third kappa shape index (κ3) is 2.72. The van der Waals surface area contributed by atoms with Crippen molar-refractivity contribution < 1.29 is 5.11 Å². The first-order chi connectivity index (χ1) is 8.52. The van der Waals surface area contributed by atoms with Crippen LogP contribution < -0.4 is 4.90 Å². The molecule has 0 spiro atoms. The highest BCUT2D eigenvalue weighted by Gasteiger charge is 2.29. The fourth-order valence-electron chi connectivity index (χ4n) is 2.97. The molecule has 1 aromatic rings. The zero-order chi connectivity index (χ0) is 13.3. The molecule has 3 unspecified atom stereocenters. The number of anilines is 1. The van der Waals surface area contributed by atoms with Crippen molar-refractivity contribution in [2.75, 3.05) is 11.4 Å². The van der Waals surface area contributed by atoms with E-state index in [9.17, 15) is 5.11 Å². The molecule has 18 heavy (non-hydrogen) atoms. The normalized spacial score (nSPS) is 28.5. The Morgan fingerprint density at radius 2 is 2.06 bits per heavy atom. The van der Waals surface area contributed by atoms with E-state index in [-0.39, 0.29) is 6.61 Å². The molecule has 0 saturated carbocycles. The van der Waals surface area contributed by atoms with Crippen LogP contribution in [0.2, 0.25) is 0 Å². The molecule has 1 N–H and O–H groups in total. The van der Waals surface area contributed by atoms with Gasteiger partial charge in [0, 0.05) is 28.3 Å². The van der Waals surface area contributed by atoms with E-state index in [1.165, 1.54) is 12.1 Å². The summed E-state index contributed by atoms with van der Waals surface area (Å²) in [5.41, 5.74) is 2.20. The van der Waals surface area contributed by atoms with Crippen LogP contribution in [-0.2, 0) is 6.61 Å². The van der Waals surface area contributed by atoms with Gasteiger partial charge in [-0.25, -0.2) is 0 Å². The van der Waals surface area contributed by atoms with E-state index in [1.807, 2.05) is 12.1 Å². The summed E-state index contributed by atoms with van der Waals surface area (Å²) in [5.74, 6) is 1.40. The Morgan fingerprint density at radius 1 is 1.33 bits per heavy atom. The number of rotatable bonds is 2. The van der Waals surface area contributed by atoms with Crippen molar-refractivity contribution in [3.05, 3.63) is 28.2 Å². The molecule has 0 aromatic heterocycles. The zero-order valence-corrected chi connectivity index (χ0v) is 12.9. The summed E-state index contributed by atoms with van der Waals surface area (Å²) in [4.78, 5) is 2.45. The van der Waals surface area contributed by atoms with Gasteiger partial charge in [0.15, 0.2) is 0 Å². The summed E-state index contributed by atoms with van der Waals surface area (Å²) in [6.45, 7) is 8.11. The average molecular weight is 312 g/mol. The largest absolute Gasteiger partial charge is 0.392 e. The molecule has 1 heterocycles. The van der Waals surface area contributed by atoms with Gasteiger partial charge in [-0.2, -0.15) is 0 Å². The van der Waals surface area contributed by atoms with Crippen molar-refractivity contribution in [2.45, 2.75) is 39.8 Å². The zero-order valence-electron chi connectivity index (χ0n) is 11.4. The monoisotopic (exact) mass is 311 g/mol. The number of piperidine rings is 1. The number of hydrogen-bond donors (Lipinski definition) is 1. The van der Waals surface area contributed by atoms with Gasteiger partial charge in [0.25, 0.3) is 0 Å². The summed E-state index contributed by atoms with van der Waals surface area (Å²) >= 11 is 3.53. The lowest BCUT2D eigenvalue weighted by molar-refractivity contribution is 0.276. The van der Waals surface area contributed by atoms with Crippen molar-refractivity contribution >= 4 is 21.6 Å². The molecule has 2 nitrogen and oxygen atoms in total. The standard InChI is InChI=1S/C15H22BrNO/c1-10-6-11(2)12(3)17(8-10)15-7-14(16)5-4-13(15)9-18/h4-5,7,10-12,18H,6,8-9H2,1-3H3. The lowest BCUT2D eigenvalue weighted by Gasteiger charge is -2.43. The molecule has 3 heteroatoms. The van der Waals surface area contributed by atoms with Crippen LogP contribution in [0.15, 0.2) is 22.7 Å². The van der Waals surface area contributed by atoms with Crippen molar-refractivity contribution in [3.63, 3.8) is 0 Å². The highest BCUT2D eigenvalue weighted by Crippen LogP contribution is 2.34. The van der Waals surface area contributed by atoms with E-state index in [4.69, 9.17) is 0 Å². The minimum Gasteiger partial charge on any atom is -0.392 e. The van der Waals surface area contributed by atoms with Crippen LogP contribution in [0.1, 0.15) is 32.8 Å². The minimum atomic E-state index is 0.106. The molecule has 1 fully saturated rings. The third-order valence-electron chi connectivity index (χ3n) is 4.12. The Hall–Kier alpha value is -0.540. The molecule has 100 valence electrons. The highest BCUT2D eigenvalue weighted by molar-refractivity contribution is 9.10. The van der Waals surface area contributed by atoms with Gasteiger partial charge in [0.2, 0.25) is 0 Å². The first-order valence-corrected chi connectivity index (χ1v) is 7.48. The summed E-state index contributed by atoms with van der Waals surface area (Å²) in [6.07, 6.45) is 1.29. The Kier molecular flexibility index (Phi) is 4.33. The summed E-state index contributed by atoms with van der Waals surface area (Å²) in [7, 11) is 0. The molecule has 0 radical (unpaired) electrons. The van der Waals surface area contributed by atoms with Gasteiger partial charge in [-0.05, 0) is 37.3 Å². The van der Waals surface area contributed by atoms with Crippen LogP contribution in [0.25, 0.3) is 0 Å². The maximum absolute atomic E-state index is 9.52. The van der Waals surface area contributed by atoms with Crippen LogP contribution >= 0.6 is 15.9 Å². The van der Waals surface area contributed by atoms with E-state index >= 15 is 0 Å². The van der Waals surface area contributed by atoms with E-state index in [2.05, 4.69) is 47.7 Å². The van der Waals surface area contributed by atoms with Crippen LogP contribution in [0.3, 0.4) is 0 Å². The Morgan fingerprint density at radius 3 is 2.72 bits per heavy atom. The van der Waals surface area contributed by atoms with Gasteiger partial charge in [-0.3, -0.25) is 0 Å². The molecule has 1 saturated heterocycles. The van der Waals surface area contributed by atoms with Crippen molar-refractivity contribution in [1.29, 1.82) is 0 Å². The van der Waals surface area contributed by atoms with Gasteiger partial charge >= 0.3 is 0 Å². The van der Waals surface area contributed by atoms with Crippen LogP contribution in [0.4, 0.5) is 5.69 Å². The molecule has 0 amide bonds. The van der Waals surface area contributed by atoms with E-state index in [0.29, 0.717) is 17.9 Å². The van der Waals surface area contributed by atoms with Gasteiger partial charge in [0.1, 0.15) is 0 Å². The predicted octanol–water partition coefficient (Wildman–Crippen LogP) is 3.81. The molecule has 2 rings (SSSR count). The molecular weight excluding hydrogens is 290 g/mol. The second kappa shape index (κ2) is 5.62. The van der Waals surface area contributed by atoms with Crippen LogP contribution in [0, 0.1) is 11.8 Å². The van der Waals surface area contributed by atoms with Crippen molar-refractivity contribution in [2.24, 2.45) is 11.8 Å². The smallest absolute Gasteiger partial charge is 0.0702 e. The Labute approximate surface area is 118 Å². The lowest BCUT2D eigenvalue weighted by Crippen LogP contribution is -2.46. The first-order valence-electron chi connectivity index (χ1n) is 6.68. The second-order valence-corrected chi connectivity index (χ2v) is 6.56. The third-order valence-corrected chi connectivity index (χ3v) is 4.62. The Balaban J connectivity index is 2.37. The summed E-state index contributed by atoms with van der Waals surface area (Å²) < 4.78 is 1.08. The number of aliphatic hydroxyl groups is 1. The lowest BCUT2D eigenvalue weighted by atomic mass is 9.85. The topological polar surface area (TPSA) is 23.5 Å². The quantitative estimate of drug-likeness (QED) is 0.897. The van der Waals surface area contributed by atoms with Crippen molar-refractivity contribution in [3.8, 4) is 0 Å². The summed E-state index contributed by atoms with van der Waals surface area (Å²) in [5, 5.41) is 9.52. The van der Waals surface area contributed by atoms with E-state index in [1.54, 1.807) is 0 Å². The fourth-order valence-corrected chi connectivity index (χ4v) is 3.32. The second-order valence-electron chi connectivity index (χ2n) is 5.64. The molecule has 1 aliphatic rings. The molecule has 3 atom stereocenters. The molecule has 0 bridgehead atoms. The minimum absolute atomic E-state index is 0.106. The molecule has 1 aromatic carbocycles. The molecular formula is C15H22BrNO. The number of halogens is 1. The van der Waals surface area contributed by atoms with Crippen molar-refractivity contribution in [1.82, 2.24) is 0 Å². The number of benzene rings is 1. The highest BCUT2D eigenvalue weighted by atomic mass is 79.9. The summed E-state index contributed by atoms with van der Waals surface area (Å²) in [6, 6.07) is 6.67. The SMILES string of the molecule is CC1CC(C)C(C)N(c2cc(Br)ccc2CO)C1. The number of nitrogens with zero attached hydrogens (tertiary/aromatic N) is 1. The number of hydrogen-bond acceptors (Lipinski definition) is 2. The fraction of sp³-hybridized carbons (Fsp3) is 0.600. The predicted molar refractivity (Wildman–Crippen MR) is 79.8 cm³/mol. The maximum Gasteiger partial charge on any atom is 0.0702 e. The van der Waals surface area contributed by atoms with E-state index in [0.717, 1.165) is 16.6 Å². The molecule has 0 aliphatic carbocycles. The van der Waals surface area contributed by atoms with Gasteiger partial charge in [0.05, 0.1) is 6.61 Å². The Bertz CT molecular complexity index is 421. The number of aliphatic hydroxyl groups excluding tert-OH is 1. The van der Waals surface area contributed by atoms with Gasteiger partial charge in [-0.15, -0.1) is 0 Å². The molecule has 1 aliphatic heterocycles. The van der Waals surface area contributed by atoms with Gasteiger partial charge in [-0.1, -0.05) is 35.8 Å². The van der Waals surface area contributed by atoms with Crippen LogP contribution in [-0.4, -0.2) is 17.7 Å². The first kappa shape index (κ1) is 13.9.